The van der Waals surface area contributed by atoms with Gasteiger partial charge in [0.15, 0.2) is 11.5 Å². The molecular weight excluding hydrogens is 348 g/mol. The highest BCUT2D eigenvalue weighted by molar-refractivity contribution is 5.77. The number of likely N-dealkylation sites (tertiary alicyclic amines) is 1. The molecule has 4 amide bonds. The van der Waals surface area contributed by atoms with Gasteiger partial charge in [0.2, 0.25) is 0 Å². The van der Waals surface area contributed by atoms with Crippen LogP contribution in [0.2, 0.25) is 0 Å². The molecule has 0 unspecified atom stereocenters. The number of hydrogen-bond acceptors (Lipinski definition) is 4. The number of ether oxygens (including phenoxy) is 2. The summed E-state index contributed by atoms with van der Waals surface area (Å²) >= 11 is 0. The van der Waals surface area contributed by atoms with E-state index in [2.05, 4.69) is 10.6 Å². The van der Waals surface area contributed by atoms with Crippen LogP contribution in [0.15, 0.2) is 18.2 Å². The van der Waals surface area contributed by atoms with Crippen LogP contribution in [0.25, 0.3) is 0 Å². The highest BCUT2D eigenvalue weighted by atomic mass is 16.5. The number of nitrogens with zero attached hydrogens (tertiary/aromatic N) is 2. The number of carbonyl (C=O) groups is 2. The fourth-order valence-electron chi connectivity index (χ4n) is 3.60. The van der Waals surface area contributed by atoms with E-state index in [0.29, 0.717) is 44.3 Å². The van der Waals surface area contributed by atoms with Gasteiger partial charge in [0.25, 0.3) is 0 Å². The third kappa shape index (κ3) is 4.56. The van der Waals surface area contributed by atoms with Gasteiger partial charge < -0.3 is 29.9 Å². The molecule has 2 saturated heterocycles. The Morgan fingerprint density at radius 3 is 2.67 bits per heavy atom. The second-order valence-corrected chi connectivity index (χ2v) is 6.72. The van der Waals surface area contributed by atoms with Crippen LogP contribution in [-0.4, -0.2) is 67.8 Å². The van der Waals surface area contributed by atoms with Crippen LogP contribution in [0.1, 0.15) is 25.3 Å². The fourth-order valence-corrected chi connectivity index (χ4v) is 3.60. The van der Waals surface area contributed by atoms with Crippen LogP contribution in [0, 0.1) is 0 Å². The van der Waals surface area contributed by atoms with Gasteiger partial charge in [-0.1, -0.05) is 6.07 Å². The first kappa shape index (κ1) is 19.1. The Balaban J connectivity index is 1.48. The standard InChI is InChI=1S/C19H28N4O4/c1-3-27-17-12-14(4-5-16(17)26-2)13-21-18(24)22-9-6-15(7-10-22)23-11-8-20-19(23)25/h4-5,12,15H,3,6-11,13H2,1-2H3,(H,20,25)(H,21,24). The van der Waals surface area contributed by atoms with Gasteiger partial charge in [-0.2, -0.15) is 0 Å². The summed E-state index contributed by atoms with van der Waals surface area (Å²) in [6.07, 6.45) is 1.63. The van der Waals surface area contributed by atoms with Crippen molar-refractivity contribution in [3.63, 3.8) is 0 Å². The van der Waals surface area contributed by atoms with E-state index in [1.165, 1.54) is 0 Å². The summed E-state index contributed by atoms with van der Waals surface area (Å²) in [6, 6.07) is 5.82. The molecule has 0 aromatic heterocycles. The second-order valence-electron chi connectivity index (χ2n) is 6.72. The first-order valence-corrected chi connectivity index (χ1v) is 9.49. The molecule has 2 aliphatic heterocycles. The van der Waals surface area contributed by atoms with Gasteiger partial charge >= 0.3 is 12.1 Å². The van der Waals surface area contributed by atoms with Gasteiger partial charge in [-0.15, -0.1) is 0 Å². The van der Waals surface area contributed by atoms with Crippen molar-refractivity contribution in [3.8, 4) is 11.5 Å². The van der Waals surface area contributed by atoms with E-state index < -0.39 is 0 Å². The van der Waals surface area contributed by atoms with E-state index in [4.69, 9.17) is 9.47 Å². The van der Waals surface area contributed by atoms with Crippen LogP contribution in [0.4, 0.5) is 9.59 Å². The molecule has 8 heteroatoms. The summed E-state index contributed by atoms with van der Waals surface area (Å²) in [6.45, 7) is 5.69. The smallest absolute Gasteiger partial charge is 0.317 e. The van der Waals surface area contributed by atoms with E-state index >= 15 is 0 Å². The quantitative estimate of drug-likeness (QED) is 0.793. The Morgan fingerprint density at radius 2 is 2.04 bits per heavy atom. The number of benzene rings is 1. The summed E-state index contributed by atoms with van der Waals surface area (Å²) in [5.41, 5.74) is 0.955. The Bertz CT molecular complexity index is 674. The monoisotopic (exact) mass is 376 g/mol. The van der Waals surface area contributed by atoms with Crippen molar-refractivity contribution >= 4 is 12.1 Å². The minimum absolute atomic E-state index is 0.0162. The molecule has 2 N–H and O–H groups in total. The lowest BCUT2D eigenvalue weighted by Gasteiger charge is -2.36. The third-order valence-corrected chi connectivity index (χ3v) is 5.05. The van der Waals surface area contributed by atoms with E-state index in [-0.39, 0.29) is 18.1 Å². The highest BCUT2D eigenvalue weighted by Gasteiger charge is 2.31. The number of rotatable bonds is 6. The van der Waals surface area contributed by atoms with Crippen LogP contribution in [0.5, 0.6) is 11.5 Å². The molecule has 27 heavy (non-hydrogen) atoms. The Hall–Kier alpha value is -2.64. The van der Waals surface area contributed by atoms with Gasteiger partial charge in [0.1, 0.15) is 0 Å². The lowest BCUT2D eigenvalue weighted by molar-refractivity contribution is 0.141. The van der Waals surface area contributed by atoms with Crippen LogP contribution < -0.4 is 20.1 Å². The van der Waals surface area contributed by atoms with Gasteiger partial charge in [0.05, 0.1) is 13.7 Å². The molecule has 2 heterocycles. The summed E-state index contributed by atoms with van der Waals surface area (Å²) in [4.78, 5) is 27.9. The number of amides is 4. The average molecular weight is 376 g/mol. The molecule has 148 valence electrons. The van der Waals surface area contributed by atoms with Crippen molar-refractivity contribution in [1.29, 1.82) is 0 Å². The molecule has 0 saturated carbocycles. The zero-order valence-electron chi connectivity index (χ0n) is 16.0. The molecular formula is C19H28N4O4. The third-order valence-electron chi connectivity index (χ3n) is 5.05. The van der Waals surface area contributed by atoms with Gasteiger partial charge in [-0.3, -0.25) is 0 Å². The van der Waals surface area contributed by atoms with Crippen molar-refractivity contribution in [3.05, 3.63) is 23.8 Å². The number of urea groups is 2. The van der Waals surface area contributed by atoms with Crippen molar-refractivity contribution in [2.45, 2.75) is 32.4 Å². The normalized spacial score (nSPS) is 17.6. The van der Waals surface area contributed by atoms with Crippen molar-refractivity contribution < 1.29 is 19.1 Å². The lowest BCUT2D eigenvalue weighted by atomic mass is 10.0. The van der Waals surface area contributed by atoms with Crippen molar-refractivity contribution in [2.75, 3.05) is 39.9 Å². The summed E-state index contributed by atoms with van der Waals surface area (Å²) in [5, 5.41) is 5.80. The zero-order valence-corrected chi connectivity index (χ0v) is 16.0. The van der Waals surface area contributed by atoms with Gasteiger partial charge in [0, 0.05) is 38.8 Å². The number of nitrogens with one attached hydrogen (secondary N) is 2. The van der Waals surface area contributed by atoms with Gasteiger partial charge in [-0.25, -0.2) is 9.59 Å². The summed E-state index contributed by atoms with van der Waals surface area (Å²) in [7, 11) is 1.61. The minimum atomic E-state index is -0.0758. The molecule has 1 aromatic rings. The molecule has 1 aromatic carbocycles. The Morgan fingerprint density at radius 1 is 1.26 bits per heavy atom. The summed E-state index contributed by atoms with van der Waals surface area (Å²) in [5.74, 6) is 1.36. The number of methoxy groups -OCH3 is 1. The molecule has 3 rings (SSSR count). The maximum atomic E-state index is 12.5. The Kier molecular flexibility index (Phi) is 6.26. The predicted octanol–water partition coefficient (Wildman–Crippen LogP) is 1.79. The first-order valence-electron chi connectivity index (χ1n) is 9.49. The largest absolute Gasteiger partial charge is 0.493 e. The number of piperidine rings is 1. The van der Waals surface area contributed by atoms with Crippen LogP contribution in [0.3, 0.4) is 0 Å². The summed E-state index contributed by atoms with van der Waals surface area (Å²) < 4.78 is 10.9. The SMILES string of the molecule is CCOc1cc(CNC(=O)N2CCC(N3CCNC3=O)CC2)ccc1OC. The van der Waals surface area contributed by atoms with E-state index in [9.17, 15) is 9.59 Å². The topological polar surface area (TPSA) is 83.1 Å². The number of carbonyl (C=O) groups excluding carboxylic acids is 2. The molecule has 0 atom stereocenters. The molecule has 0 bridgehead atoms. The van der Waals surface area contributed by atoms with Crippen molar-refractivity contribution in [1.82, 2.24) is 20.4 Å². The average Bonchev–Trinajstić information content (AvgIpc) is 3.12. The van der Waals surface area contributed by atoms with Crippen LogP contribution >= 0.6 is 0 Å². The maximum absolute atomic E-state index is 12.5. The maximum Gasteiger partial charge on any atom is 0.317 e. The van der Waals surface area contributed by atoms with E-state index in [1.807, 2.05) is 34.9 Å². The predicted molar refractivity (Wildman–Crippen MR) is 101 cm³/mol. The van der Waals surface area contributed by atoms with E-state index in [1.54, 1.807) is 7.11 Å². The molecule has 2 aliphatic rings. The van der Waals surface area contributed by atoms with Gasteiger partial charge in [-0.05, 0) is 37.5 Å². The molecule has 0 radical (unpaired) electrons. The lowest BCUT2D eigenvalue weighted by Crippen LogP contribution is -2.50. The van der Waals surface area contributed by atoms with Crippen molar-refractivity contribution in [2.24, 2.45) is 0 Å². The molecule has 8 nitrogen and oxygen atoms in total. The zero-order chi connectivity index (χ0) is 19.2. The second kappa shape index (κ2) is 8.83. The highest BCUT2D eigenvalue weighted by Crippen LogP contribution is 2.28. The van der Waals surface area contributed by atoms with Crippen LogP contribution in [-0.2, 0) is 6.54 Å². The Labute approximate surface area is 159 Å². The minimum Gasteiger partial charge on any atom is -0.493 e. The first-order chi connectivity index (χ1) is 13.1. The van der Waals surface area contributed by atoms with E-state index in [0.717, 1.165) is 24.9 Å². The molecule has 0 aliphatic carbocycles. The molecule has 2 fully saturated rings. The number of hydrogen-bond donors (Lipinski definition) is 2. The fraction of sp³-hybridized carbons (Fsp3) is 0.579. The molecule has 0 spiro atoms.